The van der Waals surface area contributed by atoms with Crippen molar-refractivity contribution in [3.63, 3.8) is 0 Å². The molecule has 2 rings (SSSR count). The maximum Gasteiger partial charge on any atom is 0.0608 e. The highest BCUT2D eigenvalue weighted by molar-refractivity contribution is 5.31. The van der Waals surface area contributed by atoms with Crippen LogP contribution in [0.25, 0.3) is 0 Å². The molecule has 20 heavy (non-hydrogen) atoms. The van der Waals surface area contributed by atoms with Crippen LogP contribution < -0.4 is 5.32 Å². The third-order valence-electron chi connectivity index (χ3n) is 3.71. The van der Waals surface area contributed by atoms with E-state index in [2.05, 4.69) is 55.3 Å². The van der Waals surface area contributed by atoms with E-state index in [9.17, 15) is 0 Å². The van der Waals surface area contributed by atoms with Crippen molar-refractivity contribution >= 4 is 0 Å². The molecule has 0 aliphatic carbocycles. The van der Waals surface area contributed by atoms with Gasteiger partial charge in [0.05, 0.1) is 11.7 Å². The summed E-state index contributed by atoms with van der Waals surface area (Å²) in [5.74, 6) is 0. The topological polar surface area (TPSA) is 24.9 Å². The highest BCUT2D eigenvalue weighted by atomic mass is 14.9. The van der Waals surface area contributed by atoms with Gasteiger partial charge in [-0.1, -0.05) is 42.3 Å². The Morgan fingerprint density at radius 1 is 1.15 bits per heavy atom. The zero-order valence-electron chi connectivity index (χ0n) is 12.9. The van der Waals surface area contributed by atoms with Crippen LogP contribution in [0.4, 0.5) is 0 Å². The van der Waals surface area contributed by atoms with Crippen molar-refractivity contribution in [1.29, 1.82) is 0 Å². The molecule has 0 radical (unpaired) electrons. The Hall–Kier alpha value is -1.67. The Labute approximate surface area is 122 Å². The molecule has 2 nitrogen and oxygen atoms in total. The van der Waals surface area contributed by atoms with Crippen LogP contribution in [0.15, 0.2) is 36.5 Å². The molecule has 2 aromatic rings. The minimum Gasteiger partial charge on any atom is -0.311 e. The third-order valence-corrected chi connectivity index (χ3v) is 3.71. The van der Waals surface area contributed by atoms with Gasteiger partial charge in [-0.05, 0) is 50.9 Å². The lowest BCUT2D eigenvalue weighted by molar-refractivity contribution is 0.569. The molecule has 0 saturated carbocycles. The summed E-state index contributed by atoms with van der Waals surface area (Å²) >= 11 is 0. The first kappa shape index (κ1) is 14.7. The molecule has 0 amide bonds. The molecule has 2 heteroatoms. The van der Waals surface area contributed by atoms with E-state index in [0.29, 0.717) is 0 Å². The number of aryl methyl sites for hydroxylation is 3. The van der Waals surface area contributed by atoms with Gasteiger partial charge in [0.25, 0.3) is 0 Å². The zero-order valence-corrected chi connectivity index (χ0v) is 12.9. The Balaban J connectivity index is 2.28. The molecule has 0 spiro atoms. The molecule has 1 atom stereocenters. The average molecular weight is 268 g/mol. The first-order valence-electron chi connectivity index (χ1n) is 7.32. The van der Waals surface area contributed by atoms with E-state index in [4.69, 9.17) is 0 Å². The van der Waals surface area contributed by atoms with E-state index in [1.54, 1.807) is 0 Å². The van der Waals surface area contributed by atoms with Crippen LogP contribution >= 0.6 is 0 Å². The van der Waals surface area contributed by atoms with Crippen LogP contribution in [0.3, 0.4) is 0 Å². The average Bonchev–Trinajstić information content (AvgIpc) is 2.43. The van der Waals surface area contributed by atoms with Gasteiger partial charge in [-0.3, -0.25) is 4.98 Å². The number of pyridine rings is 1. The van der Waals surface area contributed by atoms with Gasteiger partial charge >= 0.3 is 0 Å². The van der Waals surface area contributed by atoms with Crippen molar-refractivity contribution in [2.24, 2.45) is 0 Å². The third kappa shape index (κ3) is 3.45. The summed E-state index contributed by atoms with van der Waals surface area (Å²) < 4.78 is 0. The van der Waals surface area contributed by atoms with Gasteiger partial charge in [0, 0.05) is 6.20 Å². The molecular weight excluding hydrogens is 244 g/mol. The van der Waals surface area contributed by atoms with Crippen LogP contribution in [0, 0.1) is 13.8 Å². The van der Waals surface area contributed by atoms with Crippen LogP contribution in [0.5, 0.6) is 0 Å². The number of aromatic nitrogens is 1. The van der Waals surface area contributed by atoms with E-state index >= 15 is 0 Å². The summed E-state index contributed by atoms with van der Waals surface area (Å²) in [6.45, 7) is 6.50. The van der Waals surface area contributed by atoms with Gasteiger partial charge in [-0.15, -0.1) is 0 Å². The summed E-state index contributed by atoms with van der Waals surface area (Å²) in [5, 5.41) is 3.42. The highest BCUT2D eigenvalue weighted by Gasteiger charge is 2.15. The number of nitrogens with one attached hydrogen (secondary N) is 1. The second-order valence-corrected chi connectivity index (χ2v) is 5.44. The van der Waals surface area contributed by atoms with Crippen molar-refractivity contribution in [2.45, 2.75) is 39.7 Å². The Morgan fingerprint density at radius 2 is 1.85 bits per heavy atom. The van der Waals surface area contributed by atoms with Crippen LogP contribution in [0.1, 0.15) is 40.9 Å². The molecule has 1 aromatic carbocycles. The molecule has 1 N–H and O–H groups in total. The van der Waals surface area contributed by atoms with Crippen molar-refractivity contribution < 1.29 is 0 Å². The largest absolute Gasteiger partial charge is 0.311 e. The van der Waals surface area contributed by atoms with Crippen LogP contribution in [-0.4, -0.2) is 12.0 Å². The standard InChI is InChI=1S/C18H24N2/c1-5-16-7-6-8-20-18(16)17(19-4)12-15-10-13(2)9-14(3)11-15/h6-11,17,19H,5,12H2,1-4H3. The molecule has 0 aliphatic rings. The normalized spacial score (nSPS) is 12.4. The summed E-state index contributed by atoms with van der Waals surface area (Å²) in [6, 6.07) is 11.2. The van der Waals surface area contributed by atoms with E-state index in [1.807, 2.05) is 19.3 Å². The minimum absolute atomic E-state index is 0.271. The van der Waals surface area contributed by atoms with Crippen molar-refractivity contribution in [3.8, 4) is 0 Å². The zero-order chi connectivity index (χ0) is 14.5. The lowest BCUT2D eigenvalue weighted by Gasteiger charge is -2.19. The molecule has 1 aromatic heterocycles. The lowest BCUT2D eigenvalue weighted by Crippen LogP contribution is -2.21. The maximum absolute atomic E-state index is 4.60. The summed E-state index contributed by atoms with van der Waals surface area (Å²) in [7, 11) is 2.02. The van der Waals surface area contributed by atoms with Gasteiger partial charge < -0.3 is 5.32 Å². The van der Waals surface area contributed by atoms with Gasteiger partial charge in [0.1, 0.15) is 0 Å². The van der Waals surface area contributed by atoms with Crippen LogP contribution in [0.2, 0.25) is 0 Å². The Morgan fingerprint density at radius 3 is 2.45 bits per heavy atom. The smallest absolute Gasteiger partial charge is 0.0608 e. The first-order chi connectivity index (χ1) is 9.63. The number of benzene rings is 1. The SMILES string of the molecule is CCc1cccnc1C(Cc1cc(C)cc(C)c1)NC. The molecule has 0 fully saturated rings. The number of hydrogen-bond donors (Lipinski definition) is 1. The monoisotopic (exact) mass is 268 g/mol. The van der Waals surface area contributed by atoms with Crippen molar-refractivity contribution in [3.05, 3.63) is 64.5 Å². The summed E-state index contributed by atoms with van der Waals surface area (Å²) in [6.07, 6.45) is 3.89. The van der Waals surface area contributed by atoms with Gasteiger partial charge in [-0.25, -0.2) is 0 Å². The minimum atomic E-state index is 0.271. The second-order valence-electron chi connectivity index (χ2n) is 5.44. The molecule has 106 valence electrons. The van der Waals surface area contributed by atoms with E-state index in [1.165, 1.54) is 27.9 Å². The van der Waals surface area contributed by atoms with Crippen molar-refractivity contribution in [2.75, 3.05) is 7.05 Å². The molecular formula is C18H24N2. The fraction of sp³-hybridized carbons (Fsp3) is 0.389. The predicted molar refractivity (Wildman–Crippen MR) is 85.0 cm³/mol. The molecule has 0 saturated heterocycles. The number of hydrogen-bond acceptors (Lipinski definition) is 2. The number of rotatable bonds is 5. The molecule has 1 unspecified atom stereocenters. The highest BCUT2D eigenvalue weighted by Crippen LogP contribution is 2.21. The Bertz CT molecular complexity index is 555. The summed E-state index contributed by atoms with van der Waals surface area (Å²) in [4.78, 5) is 4.60. The fourth-order valence-electron chi connectivity index (χ4n) is 2.82. The van der Waals surface area contributed by atoms with E-state index in [-0.39, 0.29) is 6.04 Å². The molecule has 0 bridgehead atoms. The van der Waals surface area contributed by atoms with Crippen LogP contribution in [-0.2, 0) is 12.8 Å². The first-order valence-corrected chi connectivity index (χ1v) is 7.32. The van der Waals surface area contributed by atoms with Gasteiger partial charge in [0.15, 0.2) is 0 Å². The van der Waals surface area contributed by atoms with E-state index in [0.717, 1.165) is 12.8 Å². The van der Waals surface area contributed by atoms with Crippen molar-refractivity contribution in [1.82, 2.24) is 10.3 Å². The second kappa shape index (κ2) is 6.67. The Kier molecular flexibility index (Phi) is 4.91. The van der Waals surface area contributed by atoms with Gasteiger partial charge in [-0.2, -0.15) is 0 Å². The molecule has 0 aliphatic heterocycles. The number of nitrogens with zero attached hydrogens (tertiary/aromatic N) is 1. The fourth-order valence-corrected chi connectivity index (χ4v) is 2.82. The maximum atomic E-state index is 4.60. The van der Waals surface area contributed by atoms with Gasteiger partial charge in [0.2, 0.25) is 0 Å². The van der Waals surface area contributed by atoms with E-state index < -0.39 is 0 Å². The summed E-state index contributed by atoms with van der Waals surface area (Å²) in [5.41, 5.74) is 6.53. The molecule has 1 heterocycles. The quantitative estimate of drug-likeness (QED) is 0.893. The predicted octanol–water partition coefficient (Wildman–Crippen LogP) is 3.76. The lowest BCUT2D eigenvalue weighted by atomic mass is 9.96. The number of likely N-dealkylation sites (N-methyl/N-ethyl adjacent to an activating group) is 1.